The Morgan fingerprint density at radius 3 is 2.65 bits per heavy atom. The number of ether oxygens (including phenoxy) is 1. The van der Waals surface area contributed by atoms with E-state index >= 15 is 0 Å². The molecule has 2 fully saturated rings. The summed E-state index contributed by atoms with van der Waals surface area (Å²) in [6.07, 6.45) is 7.52. The summed E-state index contributed by atoms with van der Waals surface area (Å²) in [7, 11) is 0. The molecule has 2 atom stereocenters. The molecular weight excluding hydrogens is 288 g/mol. The van der Waals surface area contributed by atoms with Crippen molar-refractivity contribution in [3.05, 3.63) is 0 Å². The number of amides is 1. The van der Waals surface area contributed by atoms with Crippen molar-refractivity contribution in [1.29, 1.82) is 0 Å². The third-order valence-electron chi connectivity index (χ3n) is 5.21. The van der Waals surface area contributed by atoms with Crippen molar-refractivity contribution in [2.24, 2.45) is 11.3 Å². The second-order valence-electron chi connectivity index (χ2n) is 9.28. The number of likely N-dealkylation sites (tertiary alicyclic amines) is 1. The lowest BCUT2D eigenvalue weighted by atomic mass is 9.85. The van der Waals surface area contributed by atoms with Crippen molar-refractivity contribution in [3.8, 4) is 0 Å². The van der Waals surface area contributed by atoms with E-state index in [-0.39, 0.29) is 6.09 Å². The van der Waals surface area contributed by atoms with Crippen LogP contribution in [0.1, 0.15) is 73.1 Å². The first-order chi connectivity index (χ1) is 10.6. The Bertz CT molecular complexity index is 401. The topological polar surface area (TPSA) is 41.6 Å². The van der Waals surface area contributed by atoms with Crippen molar-refractivity contribution in [1.82, 2.24) is 10.2 Å². The zero-order chi connectivity index (χ0) is 17.1. The summed E-state index contributed by atoms with van der Waals surface area (Å²) in [5.74, 6) is 0.568. The van der Waals surface area contributed by atoms with Gasteiger partial charge in [0.25, 0.3) is 0 Å². The van der Waals surface area contributed by atoms with Gasteiger partial charge in [0.15, 0.2) is 0 Å². The Morgan fingerprint density at radius 2 is 1.96 bits per heavy atom. The van der Waals surface area contributed by atoms with E-state index in [1.807, 2.05) is 25.7 Å². The second-order valence-corrected chi connectivity index (χ2v) is 9.28. The number of nitrogens with one attached hydrogen (secondary N) is 1. The van der Waals surface area contributed by atoms with Crippen LogP contribution in [-0.2, 0) is 4.74 Å². The molecule has 1 amide bonds. The fourth-order valence-electron chi connectivity index (χ4n) is 3.69. The van der Waals surface area contributed by atoms with Gasteiger partial charge in [-0.1, -0.05) is 20.3 Å². The number of carbonyl (C=O) groups excluding carboxylic acids is 1. The fourth-order valence-corrected chi connectivity index (χ4v) is 3.69. The highest BCUT2D eigenvalue weighted by atomic mass is 16.6. The maximum absolute atomic E-state index is 12.1. The highest BCUT2D eigenvalue weighted by molar-refractivity contribution is 5.68. The monoisotopic (exact) mass is 324 g/mol. The van der Waals surface area contributed by atoms with E-state index in [9.17, 15) is 4.79 Å². The Labute approximate surface area is 142 Å². The van der Waals surface area contributed by atoms with Crippen molar-refractivity contribution < 1.29 is 9.53 Å². The van der Waals surface area contributed by atoms with E-state index in [1.165, 1.54) is 32.1 Å². The molecule has 1 N–H and O–H groups in total. The molecule has 0 spiro atoms. The van der Waals surface area contributed by atoms with Crippen LogP contribution in [0.2, 0.25) is 0 Å². The molecule has 2 rings (SSSR count). The van der Waals surface area contributed by atoms with Crippen LogP contribution in [0.3, 0.4) is 0 Å². The molecule has 134 valence electrons. The second kappa shape index (κ2) is 7.42. The normalized spacial score (nSPS) is 28.5. The van der Waals surface area contributed by atoms with E-state index in [4.69, 9.17) is 4.74 Å². The maximum Gasteiger partial charge on any atom is 0.410 e. The van der Waals surface area contributed by atoms with Crippen molar-refractivity contribution >= 4 is 6.09 Å². The van der Waals surface area contributed by atoms with E-state index in [2.05, 4.69) is 19.2 Å². The molecule has 1 saturated heterocycles. The van der Waals surface area contributed by atoms with Crippen LogP contribution in [0.5, 0.6) is 0 Å². The predicted molar refractivity (Wildman–Crippen MR) is 94.6 cm³/mol. The van der Waals surface area contributed by atoms with Crippen LogP contribution in [0.15, 0.2) is 0 Å². The highest BCUT2D eigenvalue weighted by Crippen LogP contribution is 2.33. The summed E-state index contributed by atoms with van der Waals surface area (Å²) in [5, 5.41) is 3.77. The van der Waals surface area contributed by atoms with Gasteiger partial charge in [-0.25, -0.2) is 4.79 Å². The lowest BCUT2D eigenvalue weighted by Gasteiger charge is -2.25. The van der Waals surface area contributed by atoms with Crippen molar-refractivity contribution in [3.63, 3.8) is 0 Å². The van der Waals surface area contributed by atoms with E-state index in [1.54, 1.807) is 0 Å². The quantitative estimate of drug-likeness (QED) is 0.791. The Morgan fingerprint density at radius 1 is 1.22 bits per heavy atom. The van der Waals surface area contributed by atoms with Gasteiger partial charge in [-0.15, -0.1) is 0 Å². The van der Waals surface area contributed by atoms with Crippen LogP contribution in [-0.4, -0.2) is 42.3 Å². The summed E-state index contributed by atoms with van der Waals surface area (Å²) >= 11 is 0. The molecule has 0 aromatic heterocycles. The maximum atomic E-state index is 12.1. The molecule has 4 nitrogen and oxygen atoms in total. The minimum atomic E-state index is -0.402. The molecule has 0 aromatic carbocycles. The molecule has 4 heteroatoms. The molecule has 0 aromatic rings. The molecule has 1 heterocycles. The zero-order valence-corrected chi connectivity index (χ0v) is 15.8. The zero-order valence-electron chi connectivity index (χ0n) is 15.8. The minimum absolute atomic E-state index is 0.156. The van der Waals surface area contributed by atoms with Crippen molar-refractivity contribution in [2.75, 3.05) is 19.6 Å². The van der Waals surface area contributed by atoms with Crippen LogP contribution >= 0.6 is 0 Å². The average molecular weight is 325 g/mol. The fraction of sp³-hybridized carbons (Fsp3) is 0.947. The number of nitrogens with zero attached hydrogens (tertiary/aromatic N) is 1. The summed E-state index contributed by atoms with van der Waals surface area (Å²) < 4.78 is 5.47. The standard InChI is InChI=1S/C19H36N2O2/c1-18(2,3)23-17(22)21-12-9-15(14-21)13-20-16-7-6-10-19(4,5)11-8-16/h15-16,20H,6-14H2,1-5H3. The molecule has 0 bridgehead atoms. The summed E-state index contributed by atoms with van der Waals surface area (Å²) in [5.41, 5.74) is 0.109. The first kappa shape index (κ1) is 18.6. The lowest BCUT2D eigenvalue weighted by molar-refractivity contribution is 0.0288. The van der Waals surface area contributed by atoms with Gasteiger partial charge in [-0.2, -0.15) is 0 Å². The van der Waals surface area contributed by atoms with Gasteiger partial charge < -0.3 is 15.0 Å². The summed E-state index contributed by atoms with van der Waals surface area (Å²) in [4.78, 5) is 14.0. The number of carbonyl (C=O) groups is 1. The first-order valence-corrected chi connectivity index (χ1v) is 9.36. The Kier molecular flexibility index (Phi) is 5.99. The highest BCUT2D eigenvalue weighted by Gasteiger charge is 2.30. The largest absolute Gasteiger partial charge is 0.444 e. The smallest absolute Gasteiger partial charge is 0.410 e. The Balaban J connectivity index is 1.70. The lowest BCUT2D eigenvalue weighted by Crippen LogP contribution is -2.37. The summed E-state index contributed by atoms with van der Waals surface area (Å²) in [6.45, 7) is 13.3. The molecule has 1 aliphatic carbocycles. The summed E-state index contributed by atoms with van der Waals surface area (Å²) in [6, 6.07) is 0.660. The number of hydrogen-bond donors (Lipinski definition) is 1. The number of rotatable bonds is 3. The van der Waals surface area contributed by atoms with Crippen LogP contribution < -0.4 is 5.32 Å². The van der Waals surface area contributed by atoms with Gasteiger partial charge >= 0.3 is 6.09 Å². The third kappa shape index (κ3) is 6.33. The van der Waals surface area contributed by atoms with Gasteiger partial charge in [0.05, 0.1) is 0 Å². The molecule has 0 radical (unpaired) electrons. The molecular formula is C19H36N2O2. The van der Waals surface area contributed by atoms with Gasteiger partial charge in [0.1, 0.15) is 5.60 Å². The molecule has 23 heavy (non-hydrogen) atoms. The van der Waals surface area contributed by atoms with Gasteiger partial charge in [0, 0.05) is 19.1 Å². The van der Waals surface area contributed by atoms with E-state index in [0.29, 0.717) is 17.4 Å². The van der Waals surface area contributed by atoms with E-state index < -0.39 is 5.60 Å². The molecule has 1 aliphatic heterocycles. The van der Waals surface area contributed by atoms with E-state index in [0.717, 1.165) is 26.1 Å². The van der Waals surface area contributed by atoms with Crippen LogP contribution in [0.4, 0.5) is 4.79 Å². The van der Waals surface area contributed by atoms with Gasteiger partial charge in [0.2, 0.25) is 0 Å². The van der Waals surface area contributed by atoms with Gasteiger partial charge in [-0.3, -0.25) is 0 Å². The third-order valence-corrected chi connectivity index (χ3v) is 5.21. The predicted octanol–water partition coefficient (Wildman–Crippen LogP) is 4.19. The first-order valence-electron chi connectivity index (χ1n) is 9.36. The minimum Gasteiger partial charge on any atom is -0.444 e. The molecule has 2 aliphatic rings. The molecule has 2 unspecified atom stereocenters. The van der Waals surface area contributed by atoms with Crippen LogP contribution in [0.25, 0.3) is 0 Å². The van der Waals surface area contributed by atoms with Crippen LogP contribution in [0, 0.1) is 11.3 Å². The van der Waals surface area contributed by atoms with Crippen molar-refractivity contribution in [2.45, 2.75) is 84.8 Å². The SMILES string of the molecule is CC1(C)CCCC(NCC2CCN(C(=O)OC(C)(C)C)C2)CC1. The average Bonchev–Trinajstić information content (AvgIpc) is 2.81. The Hall–Kier alpha value is -0.770. The van der Waals surface area contributed by atoms with Gasteiger partial charge in [-0.05, 0) is 70.8 Å². The number of hydrogen-bond acceptors (Lipinski definition) is 3. The molecule has 1 saturated carbocycles.